The Labute approximate surface area is 124 Å². The summed E-state index contributed by atoms with van der Waals surface area (Å²) in [6, 6.07) is 1.99. The maximum absolute atomic E-state index is 11.1. The number of aliphatic hydroxyl groups is 2. The van der Waals surface area contributed by atoms with E-state index in [-0.39, 0.29) is 6.42 Å². The monoisotopic (exact) mass is 300 g/mol. The number of hydrogen-bond acceptors (Lipinski definition) is 5. The molecule has 2 atom stereocenters. The molecule has 0 aliphatic carbocycles. The van der Waals surface area contributed by atoms with Gasteiger partial charge in [-0.15, -0.1) is 11.3 Å². The fourth-order valence-corrected chi connectivity index (χ4v) is 3.09. The smallest absolute Gasteiger partial charge is 0.308 e. The largest absolute Gasteiger partial charge is 0.469 e. The Hall–Kier alpha value is -0.910. The first-order valence-corrected chi connectivity index (χ1v) is 7.97. The van der Waals surface area contributed by atoms with Crippen molar-refractivity contribution >= 4 is 17.3 Å². The van der Waals surface area contributed by atoms with E-state index < -0.39 is 18.2 Å². The van der Waals surface area contributed by atoms with Gasteiger partial charge in [-0.1, -0.05) is 26.2 Å². The number of ether oxygens (including phenoxy) is 1. The summed E-state index contributed by atoms with van der Waals surface area (Å²) in [5, 5.41) is 22.0. The number of unbranched alkanes of at least 4 members (excludes halogenated alkanes) is 3. The van der Waals surface area contributed by atoms with Crippen LogP contribution in [0.1, 0.15) is 55.6 Å². The number of aryl methyl sites for hydroxylation is 1. The van der Waals surface area contributed by atoms with Crippen LogP contribution in [0.3, 0.4) is 0 Å². The molecule has 0 bridgehead atoms. The molecule has 5 heteroatoms. The molecule has 0 saturated carbocycles. The van der Waals surface area contributed by atoms with Gasteiger partial charge in [0.05, 0.1) is 19.6 Å². The van der Waals surface area contributed by atoms with E-state index in [1.54, 1.807) is 0 Å². The minimum atomic E-state index is -1.12. The molecule has 114 valence electrons. The van der Waals surface area contributed by atoms with Crippen LogP contribution in [-0.4, -0.2) is 29.4 Å². The van der Waals surface area contributed by atoms with Gasteiger partial charge in [-0.25, -0.2) is 0 Å². The van der Waals surface area contributed by atoms with Gasteiger partial charge in [-0.2, -0.15) is 0 Å². The van der Waals surface area contributed by atoms with Crippen LogP contribution in [0.5, 0.6) is 0 Å². The molecule has 0 fully saturated rings. The maximum Gasteiger partial charge on any atom is 0.308 e. The van der Waals surface area contributed by atoms with E-state index in [2.05, 4.69) is 11.7 Å². The number of hydrogen-bond donors (Lipinski definition) is 2. The van der Waals surface area contributed by atoms with Gasteiger partial charge in [-0.05, 0) is 29.9 Å². The number of rotatable bonds is 9. The molecule has 20 heavy (non-hydrogen) atoms. The van der Waals surface area contributed by atoms with Crippen LogP contribution in [0.4, 0.5) is 0 Å². The fourth-order valence-electron chi connectivity index (χ4n) is 2.10. The highest BCUT2D eigenvalue weighted by Crippen LogP contribution is 2.29. The van der Waals surface area contributed by atoms with Gasteiger partial charge in [0.1, 0.15) is 6.10 Å². The first-order valence-electron chi connectivity index (χ1n) is 7.09. The molecular weight excluding hydrogens is 276 g/mol. The highest BCUT2D eigenvalue weighted by molar-refractivity contribution is 7.10. The molecule has 2 unspecified atom stereocenters. The molecule has 0 aromatic carbocycles. The first-order chi connectivity index (χ1) is 9.60. The molecule has 1 heterocycles. The average molecular weight is 300 g/mol. The number of thiophene rings is 1. The van der Waals surface area contributed by atoms with E-state index in [9.17, 15) is 15.0 Å². The number of aliphatic hydroxyl groups excluding tert-OH is 2. The van der Waals surface area contributed by atoms with Crippen LogP contribution >= 0.6 is 11.3 Å². The van der Waals surface area contributed by atoms with Crippen molar-refractivity contribution in [3.63, 3.8) is 0 Å². The Balaban J connectivity index is 2.57. The van der Waals surface area contributed by atoms with Crippen molar-refractivity contribution < 1.29 is 19.7 Å². The van der Waals surface area contributed by atoms with Gasteiger partial charge >= 0.3 is 5.97 Å². The van der Waals surface area contributed by atoms with Gasteiger partial charge in [0, 0.05) is 4.88 Å². The normalized spacial score (nSPS) is 14.0. The van der Waals surface area contributed by atoms with E-state index in [0.717, 1.165) is 23.3 Å². The van der Waals surface area contributed by atoms with Crippen molar-refractivity contribution in [2.75, 3.05) is 7.11 Å². The third kappa shape index (κ3) is 5.23. The molecule has 0 radical (unpaired) electrons. The van der Waals surface area contributed by atoms with E-state index in [0.29, 0.717) is 0 Å². The van der Waals surface area contributed by atoms with Crippen molar-refractivity contribution in [3.05, 3.63) is 21.9 Å². The SMILES string of the molecule is CCCCCCc1ccsc1C(O)C(O)CC(=O)OC. The average Bonchev–Trinajstić information content (AvgIpc) is 2.90. The Morgan fingerprint density at radius 3 is 2.75 bits per heavy atom. The topological polar surface area (TPSA) is 66.8 Å². The Morgan fingerprint density at radius 2 is 2.10 bits per heavy atom. The van der Waals surface area contributed by atoms with Gasteiger partial charge < -0.3 is 14.9 Å². The van der Waals surface area contributed by atoms with Crippen molar-refractivity contribution in [2.45, 2.75) is 57.7 Å². The molecule has 1 aromatic heterocycles. The highest BCUT2D eigenvalue weighted by atomic mass is 32.1. The molecule has 4 nitrogen and oxygen atoms in total. The predicted molar refractivity (Wildman–Crippen MR) is 79.8 cm³/mol. The van der Waals surface area contributed by atoms with E-state index in [1.807, 2.05) is 11.4 Å². The summed E-state index contributed by atoms with van der Waals surface area (Å²) < 4.78 is 4.50. The number of carbonyl (C=O) groups is 1. The predicted octanol–water partition coefficient (Wildman–Crippen LogP) is 2.83. The second-order valence-electron chi connectivity index (χ2n) is 4.91. The summed E-state index contributed by atoms with van der Waals surface area (Å²) in [6.07, 6.45) is 3.24. The van der Waals surface area contributed by atoms with Crippen molar-refractivity contribution in [1.29, 1.82) is 0 Å². The second kappa shape index (κ2) is 9.10. The summed E-state index contributed by atoms with van der Waals surface area (Å²) in [4.78, 5) is 11.9. The summed E-state index contributed by atoms with van der Waals surface area (Å²) in [7, 11) is 1.27. The second-order valence-corrected chi connectivity index (χ2v) is 5.86. The molecule has 2 N–H and O–H groups in total. The fraction of sp³-hybridized carbons (Fsp3) is 0.667. The molecule has 0 spiro atoms. The standard InChI is InChI=1S/C15H24O4S/c1-3-4-5-6-7-11-8-9-20-15(11)14(18)12(16)10-13(17)19-2/h8-9,12,14,16,18H,3-7,10H2,1-2H3. The van der Waals surface area contributed by atoms with E-state index >= 15 is 0 Å². The first kappa shape index (κ1) is 17.1. The number of esters is 1. The van der Waals surface area contributed by atoms with Crippen molar-refractivity contribution in [2.24, 2.45) is 0 Å². The van der Waals surface area contributed by atoms with Gasteiger partial charge in [-0.3, -0.25) is 4.79 Å². The minimum Gasteiger partial charge on any atom is -0.469 e. The number of methoxy groups -OCH3 is 1. The molecule has 1 aromatic rings. The van der Waals surface area contributed by atoms with Crippen molar-refractivity contribution in [1.82, 2.24) is 0 Å². The van der Waals surface area contributed by atoms with Gasteiger partial charge in [0.15, 0.2) is 0 Å². The molecular formula is C15H24O4S. The van der Waals surface area contributed by atoms with Crippen LogP contribution < -0.4 is 0 Å². The molecule has 0 amide bonds. The van der Waals surface area contributed by atoms with Crippen LogP contribution in [0.25, 0.3) is 0 Å². The molecule has 1 rings (SSSR count). The Kier molecular flexibility index (Phi) is 7.80. The van der Waals surface area contributed by atoms with Crippen LogP contribution in [0, 0.1) is 0 Å². The number of carbonyl (C=O) groups excluding carboxylic acids is 1. The lowest BCUT2D eigenvalue weighted by atomic mass is 10.0. The van der Waals surface area contributed by atoms with Crippen LogP contribution in [0.15, 0.2) is 11.4 Å². The lowest BCUT2D eigenvalue weighted by molar-refractivity contribution is -0.144. The lowest BCUT2D eigenvalue weighted by Gasteiger charge is -2.17. The van der Waals surface area contributed by atoms with Crippen LogP contribution in [-0.2, 0) is 16.0 Å². The van der Waals surface area contributed by atoms with Crippen molar-refractivity contribution in [3.8, 4) is 0 Å². The lowest BCUT2D eigenvalue weighted by Crippen LogP contribution is -2.22. The quantitative estimate of drug-likeness (QED) is 0.543. The van der Waals surface area contributed by atoms with E-state index in [1.165, 1.54) is 37.7 Å². The highest BCUT2D eigenvalue weighted by Gasteiger charge is 2.24. The third-order valence-electron chi connectivity index (χ3n) is 3.32. The van der Waals surface area contributed by atoms with Gasteiger partial charge in [0.2, 0.25) is 0 Å². The molecule has 0 aliphatic heterocycles. The Bertz CT molecular complexity index is 402. The minimum absolute atomic E-state index is 0.190. The van der Waals surface area contributed by atoms with Gasteiger partial charge in [0.25, 0.3) is 0 Å². The summed E-state index contributed by atoms with van der Waals surface area (Å²) in [5.41, 5.74) is 1.07. The molecule has 0 aliphatic rings. The Morgan fingerprint density at radius 1 is 1.35 bits per heavy atom. The zero-order valence-electron chi connectivity index (χ0n) is 12.2. The molecule has 0 saturated heterocycles. The van der Waals surface area contributed by atoms with E-state index in [4.69, 9.17) is 0 Å². The summed E-state index contributed by atoms with van der Waals surface area (Å²) in [5.74, 6) is -0.516. The summed E-state index contributed by atoms with van der Waals surface area (Å²) in [6.45, 7) is 2.17. The third-order valence-corrected chi connectivity index (χ3v) is 4.35. The zero-order valence-corrected chi connectivity index (χ0v) is 13.0. The van der Waals surface area contributed by atoms with Crippen LogP contribution in [0.2, 0.25) is 0 Å². The maximum atomic E-state index is 11.1. The summed E-state index contributed by atoms with van der Waals surface area (Å²) >= 11 is 1.42. The zero-order chi connectivity index (χ0) is 15.0.